The van der Waals surface area contributed by atoms with Crippen LogP contribution in [0.15, 0.2) is 46.8 Å². The Morgan fingerprint density at radius 2 is 2.07 bits per heavy atom. The summed E-state index contributed by atoms with van der Waals surface area (Å²) in [6, 6.07) is 8.76. The van der Waals surface area contributed by atoms with E-state index in [1.165, 1.54) is 35.9 Å². The Hall–Kier alpha value is -3.04. The molecule has 0 atom stereocenters. The van der Waals surface area contributed by atoms with Crippen LogP contribution < -0.4 is 4.80 Å². The van der Waals surface area contributed by atoms with E-state index < -0.39 is 17.8 Å². The molecule has 29 heavy (non-hydrogen) atoms. The third-order valence-corrected chi connectivity index (χ3v) is 5.73. The average Bonchev–Trinajstić information content (AvgIpc) is 3.34. The van der Waals surface area contributed by atoms with Crippen molar-refractivity contribution in [3.05, 3.63) is 57.0 Å². The third kappa shape index (κ3) is 5.07. The molecule has 2 aromatic heterocycles. The van der Waals surface area contributed by atoms with E-state index in [9.17, 15) is 14.4 Å². The zero-order valence-corrected chi connectivity index (χ0v) is 17.4. The van der Waals surface area contributed by atoms with Gasteiger partial charge in [-0.3, -0.25) is 9.59 Å². The van der Waals surface area contributed by atoms with Crippen LogP contribution in [0.4, 0.5) is 0 Å². The van der Waals surface area contributed by atoms with Crippen LogP contribution in [0.25, 0.3) is 16.3 Å². The molecule has 0 fully saturated rings. The molecule has 0 bridgehead atoms. The number of esters is 2. The molecule has 0 saturated carbocycles. The number of rotatable bonds is 6. The van der Waals surface area contributed by atoms with Gasteiger partial charge in [0.15, 0.2) is 4.80 Å². The largest absolute Gasteiger partial charge is 0.468 e. The highest BCUT2D eigenvalue weighted by molar-refractivity contribution is 7.16. The third-order valence-electron chi connectivity index (χ3n) is 3.85. The van der Waals surface area contributed by atoms with E-state index in [0.29, 0.717) is 20.6 Å². The molecule has 0 aliphatic rings. The van der Waals surface area contributed by atoms with Gasteiger partial charge in [0.2, 0.25) is 0 Å². The van der Waals surface area contributed by atoms with Crippen molar-refractivity contribution in [1.29, 1.82) is 0 Å². The van der Waals surface area contributed by atoms with Gasteiger partial charge in [0.1, 0.15) is 6.54 Å². The fraction of sp³-hybridized carbons (Fsp3) is 0.200. The standard InChI is InChI=1S/C20H18N2O5S2/c1-3-27-19(25)13-6-8-15-16(11-13)29-20(22(15)12-18(24)26-2)21-17(23)9-7-14-5-4-10-28-14/h4-11H,3,12H2,1-2H3. The number of thiazole rings is 1. The van der Waals surface area contributed by atoms with Crippen molar-refractivity contribution in [2.75, 3.05) is 13.7 Å². The molecule has 3 aromatic rings. The first-order valence-corrected chi connectivity index (χ1v) is 10.4. The maximum absolute atomic E-state index is 12.3. The molecule has 1 amide bonds. The normalized spacial score (nSPS) is 11.9. The molecule has 9 heteroatoms. The topological polar surface area (TPSA) is 87.0 Å². The minimum Gasteiger partial charge on any atom is -0.468 e. The Balaban J connectivity index is 2.03. The number of benzene rings is 1. The minimum atomic E-state index is -0.470. The zero-order valence-electron chi connectivity index (χ0n) is 15.8. The number of thiophene rings is 1. The highest BCUT2D eigenvalue weighted by atomic mass is 32.1. The smallest absolute Gasteiger partial charge is 0.338 e. The summed E-state index contributed by atoms with van der Waals surface area (Å²) in [6.07, 6.45) is 3.07. The van der Waals surface area contributed by atoms with E-state index in [2.05, 4.69) is 4.99 Å². The summed E-state index contributed by atoms with van der Waals surface area (Å²) < 4.78 is 12.1. The number of fused-ring (bicyclic) bond motifs is 1. The number of hydrogen-bond donors (Lipinski definition) is 0. The zero-order chi connectivity index (χ0) is 20.8. The molecule has 0 aliphatic heterocycles. The molecule has 0 saturated heterocycles. The summed E-state index contributed by atoms with van der Waals surface area (Å²) >= 11 is 2.72. The van der Waals surface area contributed by atoms with Crippen molar-refractivity contribution in [2.45, 2.75) is 13.5 Å². The molecule has 3 rings (SSSR count). The van der Waals surface area contributed by atoms with E-state index in [-0.39, 0.29) is 13.2 Å². The Bertz CT molecular complexity index is 1140. The quantitative estimate of drug-likeness (QED) is 0.443. The first-order chi connectivity index (χ1) is 14.0. The molecule has 0 N–H and O–H groups in total. The lowest BCUT2D eigenvalue weighted by Crippen LogP contribution is -2.22. The number of aromatic nitrogens is 1. The van der Waals surface area contributed by atoms with Crippen LogP contribution in [0.2, 0.25) is 0 Å². The highest BCUT2D eigenvalue weighted by Crippen LogP contribution is 2.20. The van der Waals surface area contributed by atoms with Crippen molar-refractivity contribution in [3.8, 4) is 0 Å². The lowest BCUT2D eigenvalue weighted by molar-refractivity contribution is -0.141. The number of carbonyl (C=O) groups is 3. The second-order valence-corrected chi connectivity index (χ2v) is 7.74. The summed E-state index contributed by atoms with van der Waals surface area (Å²) in [7, 11) is 1.29. The van der Waals surface area contributed by atoms with Gasteiger partial charge >= 0.3 is 11.9 Å². The van der Waals surface area contributed by atoms with Crippen molar-refractivity contribution in [2.24, 2.45) is 4.99 Å². The Morgan fingerprint density at radius 1 is 1.24 bits per heavy atom. The first-order valence-electron chi connectivity index (χ1n) is 8.69. The molecule has 2 heterocycles. The summed E-state index contributed by atoms with van der Waals surface area (Å²) in [5.41, 5.74) is 1.06. The Labute approximate surface area is 174 Å². The van der Waals surface area contributed by atoms with Crippen LogP contribution in [0, 0.1) is 0 Å². The van der Waals surface area contributed by atoms with Crippen molar-refractivity contribution in [3.63, 3.8) is 0 Å². The summed E-state index contributed by atoms with van der Waals surface area (Å²) in [5, 5.41) is 1.92. The second-order valence-electron chi connectivity index (χ2n) is 5.75. The number of hydrogen-bond acceptors (Lipinski definition) is 7. The van der Waals surface area contributed by atoms with Crippen molar-refractivity contribution in [1.82, 2.24) is 4.57 Å². The van der Waals surface area contributed by atoms with Gasteiger partial charge in [0, 0.05) is 11.0 Å². The summed E-state index contributed by atoms with van der Waals surface area (Å²) in [6.45, 7) is 1.91. The van der Waals surface area contributed by atoms with Crippen molar-refractivity contribution >= 4 is 56.8 Å². The molecule has 0 spiro atoms. The van der Waals surface area contributed by atoms with Gasteiger partial charge in [-0.1, -0.05) is 17.4 Å². The second kappa shape index (κ2) is 9.44. The highest BCUT2D eigenvalue weighted by Gasteiger charge is 2.14. The molecule has 0 unspecified atom stereocenters. The number of amides is 1. The number of carbonyl (C=O) groups excluding carboxylic acids is 3. The molecule has 150 valence electrons. The Morgan fingerprint density at radius 3 is 2.76 bits per heavy atom. The van der Waals surface area contributed by atoms with Gasteiger partial charge in [-0.05, 0) is 42.6 Å². The molecule has 0 aliphatic carbocycles. The van der Waals surface area contributed by atoms with E-state index in [1.54, 1.807) is 35.8 Å². The SMILES string of the molecule is CCOC(=O)c1ccc2c(c1)sc(=NC(=O)C=Cc1cccs1)n2CC(=O)OC. The maximum Gasteiger partial charge on any atom is 0.338 e. The van der Waals surface area contributed by atoms with E-state index >= 15 is 0 Å². The van der Waals surface area contributed by atoms with Crippen LogP contribution in [0.3, 0.4) is 0 Å². The predicted molar refractivity (Wildman–Crippen MR) is 112 cm³/mol. The lowest BCUT2D eigenvalue weighted by atomic mass is 10.2. The number of methoxy groups -OCH3 is 1. The van der Waals surface area contributed by atoms with Crippen LogP contribution in [-0.2, 0) is 25.6 Å². The van der Waals surface area contributed by atoms with Gasteiger partial charge in [-0.15, -0.1) is 11.3 Å². The summed E-state index contributed by atoms with van der Waals surface area (Å²) in [5.74, 6) is -1.35. The van der Waals surface area contributed by atoms with Crippen LogP contribution in [0.5, 0.6) is 0 Å². The lowest BCUT2D eigenvalue weighted by Gasteiger charge is -2.04. The number of nitrogens with zero attached hydrogens (tertiary/aromatic N) is 2. The molecular weight excluding hydrogens is 412 g/mol. The van der Waals surface area contributed by atoms with Gasteiger partial charge in [-0.25, -0.2) is 4.79 Å². The predicted octanol–water partition coefficient (Wildman–Crippen LogP) is 3.25. The fourth-order valence-corrected chi connectivity index (χ4v) is 4.21. The monoisotopic (exact) mass is 430 g/mol. The maximum atomic E-state index is 12.3. The van der Waals surface area contributed by atoms with E-state index in [4.69, 9.17) is 9.47 Å². The first kappa shape index (κ1) is 20.7. The van der Waals surface area contributed by atoms with Crippen LogP contribution >= 0.6 is 22.7 Å². The molecule has 0 radical (unpaired) electrons. The fourth-order valence-electron chi connectivity index (χ4n) is 2.52. The van der Waals surface area contributed by atoms with E-state index in [0.717, 1.165) is 4.88 Å². The van der Waals surface area contributed by atoms with Gasteiger partial charge in [0.25, 0.3) is 5.91 Å². The van der Waals surface area contributed by atoms with Crippen LogP contribution in [-0.4, -0.2) is 36.1 Å². The van der Waals surface area contributed by atoms with E-state index in [1.807, 2.05) is 17.5 Å². The number of ether oxygens (including phenoxy) is 2. The van der Waals surface area contributed by atoms with Gasteiger partial charge in [0.05, 0.1) is 29.5 Å². The molecule has 7 nitrogen and oxygen atoms in total. The minimum absolute atomic E-state index is 0.101. The van der Waals surface area contributed by atoms with Crippen LogP contribution in [0.1, 0.15) is 22.2 Å². The summed E-state index contributed by atoms with van der Waals surface area (Å²) in [4.78, 5) is 41.6. The molecular formula is C20H18N2O5S2. The molecule has 1 aromatic carbocycles. The van der Waals surface area contributed by atoms with Crippen molar-refractivity contribution < 1.29 is 23.9 Å². The van der Waals surface area contributed by atoms with Gasteiger partial charge in [-0.2, -0.15) is 4.99 Å². The average molecular weight is 431 g/mol. The van der Waals surface area contributed by atoms with Gasteiger partial charge < -0.3 is 14.0 Å². The Kier molecular flexibility index (Phi) is 6.73.